The molecule has 7 nitrogen and oxygen atoms in total. The number of benzene rings is 3. The molecule has 2 atom stereocenters. The van der Waals surface area contributed by atoms with E-state index in [1.54, 1.807) is 38.2 Å². The van der Waals surface area contributed by atoms with Crippen molar-refractivity contribution < 1.29 is 23.8 Å². The second-order valence-corrected chi connectivity index (χ2v) is 9.69. The van der Waals surface area contributed by atoms with Crippen LogP contribution in [0.1, 0.15) is 43.0 Å². The molecular weight excluding hydrogens is 504 g/mol. The van der Waals surface area contributed by atoms with Gasteiger partial charge in [0.25, 0.3) is 0 Å². The SMILES string of the molecule is CCOC(=O)N1c2cc(OC)c(OC)cc2[C@@H](N(Cc2ccccc2)C(=O)Cc2cccc(Cl)c2)C[C@H]1C. The molecule has 0 saturated carbocycles. The van der Waals surface area contributed by atoms with Gasteiger partial charge >= 0.3 is 6.09 Å². The molecule has 3 aromatic rings. The lowest BCUT2D eigenvalue weighted by Crippen LogP contribution is -2.48. The van der Waals surface area contributed by atoms with E-state index in [0.29, 0.717) is 35.2 Å². The van der Waals surface area contributed by atoms with Crippen molar-refractivity contribution in [2.75, 3.05) is 25.7 Å². The second-order valence-electron chi connectivity index (χ2n) is 9.25. The number of hydrogen-bond acceptors (Lipinski definition) is 5. The number of ether oxygens (including phenoxy) is 3. The van der Waals surface area contributed by atoms with Gasteiger partial charge < -0.3 is 19.1 Å². The van der Waals surface area contributed by atoms with Crippen molar-refractivity contribution in [2.45, 2.75) is 45.3 Å². The average molecular weight is 537 g/mol. The number of fused-ring (bicyclic) bond motifs is 1. The van der Waals surface area contributed by atoms with E-state index in [9.17, 15) is 9.59 Å². The fraction of sp³-hybridized carbons (Fsp3) is 0.333. The summed E-state index contributed by atoms with van der Waals surface area (Å²) in [5.74, 6) is 0.975. The van der Waals surface area contributed by atoms with E-state index in [-0.39, 0.29) is 31.0 Å². The molecule has 1 aliphatic rings. The molecule has 0 aromatic heterocycles. The fourth-order valence-corrected chi connectivity index (χ4v) is 5.21. The highest BCUT2D eigenvalue weighted by atomic mass is 35.5. The number of rotatable bonds is 8. The van der Waals surface area contributed by atoms with Crippen molar-refractivity contribution in [3.05, 3.63) is 88.4 Å². The van der Waals surface area contributed by atoms with Crippen LogP contribution < -0.4 is 14.4 Å². The maximum absolute atomic E-state index is 14.0. The van der Waals surface area contributed by atoms with Crippen LogP contribution in [0.4, 0.5) is 10.5 Å². The Kier molecular flexibility index (Phi) is 8.79. The monoisotopic (exact) mass is 536 g/mol. The normalized spacial score (nSPS) is 16.4. The summed E-state index contributed by atoms with van der Waals surface area (Å²) < 4.78 is 16.6. The summed E-state index contributed by atoms with van der Waals surface area (Å²) in [4.78, 5) is 30.5. The van der Waals surface area contributed by atoms with Crippen LogP contribution in [0.3, 0.4) is 0 Å². The first-order chi connectivity index (χ1) is 18.4. The smallest absolute Gasteiger partial charge is 0.414 e. The molecule has 2 amide bonds. The molecule has 38 heavy (non-hydrogen) atoms. The molecule has 0 bridgehead atoms. The van der Waals surface area contributed by atoms with Crippen molar-refractivity contribution in [1.82, 2.24) is 4.90 Å². The minimum Gasteiger partial charge on any atom is -0.493 e. The maximum atomic E-state index is 14.0. The number of carbonyl (C=O) groups excluding carboxylic acids is 2. The molecule has 0 radical (unpaired) electrons. The summed E-state index contributed by atoms with van der Waals surface area (Å²) in [7, 11) is 3.12. The summed E-state index contributed by atoms with van der Waals surface area (Å²) in [5, 5.41) is 0.587. The summed E-state index contributed by atoms with van der Waals surface area (Å²) >= 11 is 6.21. The molecule has 0 aliphatic carbocycles. The van der Waals surface area contributed by atoms with Crippen LogP contribution in [-0.4, -0.2) is 43.8 Å². The largest absolute Gasteiger partial charge is 0.493 e. The highest BCUT2D eigenvalue weighted by Gasteiger charge is 2.39. The Morgan fingerprint density at radius 3 is 2.32 bits per heavy atom. The average Bonchev–Trinajstić information content (AvgIpc) is 2.91. The van der Waals surface area contributed by atoms with Gasteiger partial charge in [0.1, 0.15) is 0 Å². The quantitative estimate of drug-likeness (QED) is 0.332. The molecule has 4 rings (SSSR count). The van der Waals surface area contributed by atoms with E-state index in [4.69, 9.17) is 25.8 Å². The zero-order valence-corrected chi connectivity index (χ0v) is 22.9. The molecule has 0 saturated heterocycles. The second kappa shape index (κ2) is 12.2. The van der Waals surface area contributed by atoms with Crippen LogP contribution in [0.5, 0.6) is 11.5 Å². The minimum absolute atomic E-state index is 0.0429. The van der Waals surface area contributed by atoms with Crippen LogP contribution in [0.25, 0.3) is 0 Å². The molecule has 0 N–H and O–H groups in total. The Balaban J connectivity index is 1.82. The topological polar surface area (TPSA) is 68.3 Å². The van der Waals surface area contributed by atoms with Crippen LogP contribution in [-0.2, 0) is 22.5 Å². The Morgan fingerprint density at radius 1 is 0.974 bits per heavy atom. The summed E-state index contributed by atoms with van der Waals surface area (Å²) in [6.45, 7) is 4.41. The highest BCUT2D eigenvalue weighted by Crippen LogP contribution is 2.46. The third-order valence-electron chi connectivity index (χ3n) is 6.76. The van der Waals surface area contributed by atoms with E-state index in [1.165, 1.54) is 0 Å². The Morgan fingerprint density at radius 2 is 1.66 bits per heavy atom. The molecule has 0 unspecified atom stereocenters. The Labute approximate surface area is 228 Å². The van der Waals surface area contributed by atoms with Gasteiger partial charge in [-0.15, -0.1) is 0 Å². The van der Waals surface area contributed by atoms with Crippen molar-refractivity contribution in [1.29, 1.82) is 0 Å². The van der Waals surface area contributed by atoms with E-state index >= 15 is 0 Å². The lowest BCUT2D eigenvalue weighted by molar-refractivity contribution is -0.134. The molecule has 1 heterocycles. The van der Waals surface area contributed by atoms with Gasteiger partial charge in [0, 0.05) is 29.2 Å². The third-order valence-corrected chi connectivity index (χ3v) is 6.99. The minimum atomic E-state index is -0.438. The predicted molar refractivity (Wildman–Crippen MR) is 148 cm³/mol. The Hall–Kier alpha value is -3.71. The van der Waals surface area contributed by atoms with Gasteiger partial charge in [0.05, 0.1) is 39.0 Å². The van der Waals surface area contributed by atoms with Crippen molar-refractivity contribution in [3.8, 4) is 11.5 Å². The zero-order chi connectivity index (χ0) is 27.2. The van der Waals surface area contributed by atoms with Gasteiger partial charge in [-0.3, -0.25) is 9.69 Å². The third kappa shape index (κ3) is 5.89. The first kappa shape index (κ1) is 27.3. The van der Waals surface area contributed by atoms with Crippen LogP contribution >= 0.6 is 11.6 Å². The van der Waals surface area contributed by atoms with Gasteiger partial charge in [0.2, 0.25) is 5.91 Å². The lowest BCUT2D eigenvalue weighted by Gasteiger charge is -2.43. The van der Waals surface area contributed by atoms with Crippen LogP contribution in [0, 0.1) is 0 Å². The number of carbonyl (C=O) groups is 2. The van der Waals surface area contributed by atoms with E-state index in [2.05, 4.69) is 0 Å². The number of halogens is 1. The molecular formula is C30H33ClN2O5. The van der Waals surface area contributed by atoms with Crippen molar-refractivity contribution in [2.24, 2.45) is 0 Å². The first-order valence-electron chi connectivity index (χ1n) is 12.7. The van der Waals surface area contributed by atoms with Gasteiger partial charge in [-0.25, -0.2) is 4.79 Å². The molecule has 0 fully saturated rings. The van der Waals surface area contributed by atoms with Crippen LogP contribution in [0.2, 0.25) is 5.02 Å². The van der Waals surface area contributed by atoms with Gasteiger partial charge in [-0.2, -0.15) is 0 Å². The number of nitrogens with zero attached hydrogens (tertiary/aromatic N) is 2. The number of amides is 2. The van der Waals surface area contributed by atoms with E-state index < -0.39 is 6.09 Å². The van der Waals surface area contributed by atoms with Crippen molar-refractivity contribution in [3.63, 3.8) is 0 Å². The summed E-state index contributed by atoms with van der Waals surface area (Å²) in [6.07, 6.45) is 0.282. The van der Waals surface area contributed by atoms with Crippen molar-refractivity contribution >= 4 is 29.3 Å². The summed E-state index contributed by atoms with van der Waals surface area (Å²) in [5.41, 5.74) is 3.28. The maximum Gasteiger partial charge on any atom is 0.414 e. The van der Waals surface area contributed by atoms with Gasteiger partial charge in [0.15, 0.2) is 11.5 Å². The predicted octanol–water partition coefficient (Wildman–Crippen LogP) is 6.42. The van der Waals surface area contributed by atoms with Crippen LogP contribution in [0.15, 0.2) is 66.7 Å². The highest BCUT2D eigenvalue weighted by molar-refractivity contribution is 6.30. The molecule has 200 valence electrons. The van der Waals surface area contributed by atoms with Gasteiger partial charge in [-0.05, 0) is 49.6 Å². The first-order valence-corrected chi connectivity index (χ1v) is 13.0. The molecule has 0 spiro atoms. The number of anilines is 1. The number of methoxy groups -OCH3 is 2. The van der Waals surface area contributed by atoms with Gasteiger partial charge in [-0.1, -0.05) is 54.1 Å². The molecule has 8 heteroatoms. The summed E-state index contributed by atoms with van der Waals surface area (Å²) in [6, 6.07) is 20.3. The van der Waals surface area contributed by atoms with E-state index in [0.717, 1.165) is 16.7 Å². The fourth-order valence-electron chi connectivity index (χ4n) is 4.99. The number of hydrogen-bond donors (Lipinski definition) is 0. The molecule has 1 aliphatic heterocycles. The molecule has 3 aromatic carbocycles. The lowest BCUT2D eigenvalue weighted by atomic mass is 9.89. The standard InChI is InChI=1S/C30H33ClN2O5/c1-5-38-30(35)33-20(2)14-25(24-17-27(36-3)28(37-4)18-26(24)33)32(19-21-10-7-6-8-11-21)29(34)16-22-12-9-13-23(31)15-22/h6-13,15,17-18,20,25H,5,14,16,19H2,1-4H3/t20-,25+/m1/s1. The zero-order valence-electron chi connectivity index (χ0n) is 22.1. The Bertz CT molecular complexity index is 1280. The van der Waals surface area contributed by atoms with E-state index in [1.807, 2.05) is 66.4 Å².